The fourth-order valence-corrected chi connectivity index (χ4v) is 2.57. The van der Waals surface area contributed by atoms with Gasteiger partial charge in [-0.15, -0.1) is 0 Å². The van der Waals surface area contributed by atoms with E-state index in [1.54, 1.807) is 18.2 Å². The van der Waals surface area contributed by atoms with Crippen LogP contribution in [-0.2, 0) is 0 Å². The van der Waals surface area contributed by atoms with Crippen molar-refractivity contribution in [3.8, 4) is 5.75 Å². The summed E-state index contributed by atoms with van der Waals surface area (Å²) in [4.78, 5) is 23.4. The third kappa shape index (κ3) is 3.47. The Morgan fingerprint density at radius 1 is 1.00 bits per heavy atom. The third-order valence-electron chi connectivity index (χ3n) is 3.68. The summed E-state index contributed by atoms with van der Waals surface area (Å²) in [6, 6.07) is 5.28. The number of ketones is 2. The van der Waals surface area contributed by atoms with Crippen molar-refractivity contribution in [1.29, 1.82) is 0 Å². The maximum atomic E-state index is 11.8. The van der Waals surface area contributed by atoms with Crippen LogP contribution in [-0.4, -0.2) is 18.2 Å². The number of hydrogen-bond donors (Lipinski definition) is 0. The van der Waals surface area contributed by atoms with Crippen LogP contribution in [0.1, 0.15) is 72.6 Å². The fourth-order valence-electron chi connectivity index (χ4n) is 2.57. The summed E-state index contributed by atoms with van der Waals surface area (Å²) in [5.74, 6) is 0.380. The Morgan fingerprint density at radius 3 is 2.55 bits per heavy atom. The van der Waals surface area contributed by atoms with Crippen molar-refractivity contribution in [3.05, 3.63) is 29.3 Å². The quantitative estimate of drug-likeness (QED) is 0.527. The SMILES string of the molecule is CCCCCCCCOc1cccc2c1C(=O)CC2=O. The van der Waals surface area contributed by atoms with E-state index in [1.165, 1.54) is 25.7 Å². The van der Waals surface area contributed by atoms with E-state index in [0.717, 1.165) is 12.8 Å². The average Bonchev–Trinajstić information content (AvgIpc) is 2.74. The highest BCUT2D eigenvalue weighted by atomic mass is 16.5. The van der Waals surface area contributed by atoms with Crippen LogP contribution >= 0.6 is 0 Å². The lowest BCUT2D eigenvalue weighted by atomic mass is 10.1. The number of carbonyl (C=O) groups is 2. The van der Waals surface area contributed by atoms with E-state index < -0.39 is 0 Å². The second-order valence-electron chi connectivity index (χ2n) is 5.32. The zero-order chi connectivity index (χ0) is 14.4. The molecule has 20 heavy (non-hydrogen) atoms. The molecule has 0 atom stereocenters. The van der Waals surface area contributed by atoms with Gasteiger partial charge in [-0.1, -0.05) is 51.2 Å². The lowest BCUT2D eigenvalue weighted by Gasteiger charge is -2.09. The summed E-state index contributed by atoms with van der Waals surface area (Å²) in [6.45, 7) is 2.82. The Kier molecular flexibility index (Phi) is 5.33. The predicted octanol–water partition coefficient (Wildman–Crippen LogP) is 4.20. The van der Waals surface area contributed by atoms with Crippen LogP contribution in [0.15, 0.2) is 18.2 Å². The van der Waals surface area contributed by atoms with Crippen molar-refractivity contribution in [2.75, 3.05) is 6.61 Å². The summed E-state index contributed by atoms with van der Waals surface area (Å²) in [5.41, 5.74) is 1.01. The maximum Gasteiger partial charge on any atom is 0.175 e. The van der Waals surface area contributed by atoms with Gasteiger partial charge in [0.2, 0.25) is 0 Å². The monoisotopic (exact) mass is 274 g/mol. The van der Waals surface area contributed by atoms with E-state index in [-0.39, 0.29) is 18.0 Å². The van der Waals surface area contributed by atoms with Crippen molar-refractivity contribution in [2.45, 2.75) is 51.9 Å². The lowest BCUT2D eigenvalue weighted by Crippen LogP contribution is -2.02. The van der Waals surface area contributed by atoms with Crippen LogP contribution in [0.3, 0.4) is 0 Å². The Balaban J connectivity index is 1.83. The number of fused-ring (bicyclic) bond motifs is 1. The summed E-state index contributed by atoms with van der Waals surface area (Å²) in [6.07, 6.45) is 7.21. The molecule has 0 unspecified atom stereocenters. The molecular weight excluding hydrogens is 252 g/mol. The van der Waals surface area contributed by atoms with E-state index >= 15 is 0 Å². The van der Waals surface area contributed by atoms with Gasteiger partial charge in [-0.25, -0.2) is 0 Å². The van der Waals surface area contributed by atoms with Gasteiger partial charge in [-0.3, -0.25) is 9.59 Å². The zero-order valence-electron chi connectivity index (χ0n) is 12.1. The highest BCUT2D eigenvalue weighted by Gasteiger charge is 2.30. The second-order valence-corrected chi connectivity index (χ2v) is 5.32. The molecule has 0 saturated carbocycles. The Bertz CT molecular complexity index is 491. The summed E-state index contributed by atoms with van der Waals surface area (Å²) < 4.78 is 5.70. The molecule has 1 aromatic carbocycles. The van der Waals surface area contributed by atoms with Crippen molar-refractivity contribution in [2.24, 2.45) is 0 Å². The number of carbonyl (C=O) groups excluding carboxylic acids is 2. The molecule has 108 valence electrons. The van der Waals surface area contributed by atoms with Crippen molar-refractivity contribution in [3.63, 3.8) is 0 Å². The van der Waals surface area contributed by atoms with Crippen molar-refractivity contribution in [1.82, 2.24) is 0 Å². The predicted molar refractivity (Wildman–Crippen MR) is 78.6 cm³/mol. The van der Waals surface area contributed by atoms with Crippen LogP contribution in [0.4, 0.5) is 0 Å². The van der Waals surface area contributed by atoms with Crippen molar-refractivity contribution < 1.29 is 14.3 Å². The van der Waals surface area contributed by atoms with E-state index in [2.05, 4.69) is 6.92 Å². The van der Waals surface area contributed by atoms with E-state index in [1.807, 2.05) is 0 Å². The van der Waals surface area contributed by atoms with E-state index in [4.69, 9.17) is 4.74 Å². The molecule has 0 aromatic heterocycles. The Morgan fingerprint density at radius 2 is 1.75 bits per heavy atom. The van der Waals surface area contributed by atoms with E-state index in [0.29, 0.717) is 23.5 Å². The molecule has 0 aliphatic heterocycles. The summed E-state index contributed by atoms with van der Waals surface area (Å²) in [7, 11) is 0. The van der Waals surface area contributed by atoms with Gasteiger partial charge in [0.1, 0.15) is 5.75 Å². The topological polar surface area (TPSA) is 43.4 Å². The molecule has 0 radical (unpaired) electrons. The smallest absolute Gasteiger partial charge is 0.175 e. The first-order valence-electron chi connectivity index (χ1n) is 7.56. The van der Waals surface area contributed by atoms with Gasteiger partial charge in [-0.2, -0.15) is 0 Å². The molecule has 3 heteroatoms. The minimum absolute atomic E-state index is 0.00722. The molecule has 3 nitrogen and oxygen atoms in total. The molecule has 2 rings (SSSR count). The number of hydrogen-bond acceptors (Lipinski definition) is 3. The van der Waals surface area contributed by atoms with Crippen molar-refractivity contribution >= 4 is 11.6 Å². The zero-order valence-corrected chi connectivity index (χ0v) is 12.1. The molecule has 0 heterocycles. The number of unbranched alkanes of at least 4 members (excludes halogenated alkanes) is 5. The lowest BCUT2D eigenvalue weighted by molar-refractivity contribution is 0.0922. The highest BCUT2D eigenvalue weighted by Crippen LogP contribution is 2.30. The second kappa shape index (κ2) is 7.22. The molecule has 0 amide bonds. The van der Waals surface area contributed by atoms with Crippen LogP contribution in [0.5, 0.6) is 5.75 Å². The normalized spacial score (nSPS) is 13.7. The number of rotatable bonds is 8. The molecule has 1 aromatic rings. The Labute approximate surface area is 120 Å². The minimum Gasteiger partial charge on any atom is -0.493 e. The number of Topliss-reactive ketones (excluding diaryl/α,β-unsaturated/α-hetero) is 2. The van der Waals surface area contributed by atoms with Crippen LogP contribution in [0.2, 0.25) is 0 Å². The minimum atomic E-state index is -0.108. The van der Waals surface area contributed by atoms with Gasteiger partial charge in [0.05, 0.1) is 18.6 Å². The van der Waals surface area contributed by atoms with Gasteiger partial charge in [0, 0.05) is 5.56 Å². The molecule has 1 aliphatic rings. The van der Waals surface area contributed by atoms with Gasteiger partial charge >= 0.3 is 0 Å². The standard InChI is InChI=1S/C17H22O3/c1-2-3-4-5-6-7-11-20-16-10-8-9-13-14(18)12-15(19)17(13)16/h8-10H,2-7,11-12H2,1H3. The first-order valence-corrected chi connectivity index (χ1v) is 7.56. The largest absolute Gasteiger partial charge is 0.493 e. The number of benzene rings is 1. The molecule has 0 spiro atoms. The molecular formula is C17H22O3. The first-order chi connectivity index (χ1) is 9.74. The summed E-state index contributed by atoms with van der Waals surface area (Å²) >= 11 is 0. The molecule has 0 fully saturated rings. The van der Waals surface area contributed by atoms with E-state index in [9.17, 15) is 9.59 Å². The van der Waals surface area contributed by atoms with Crippen LogP contribution in [0, 0.1) is 0 Å². The Hall–Kier alpha value is -1.64. The average molecular weight is 274 g/mol. The third-order valence-corrected chi connectivity index (χ3v) is 3.68. The molecule has 0 bridgehead atoms. The highest BCUT2D eigenvalue weighted by molar-refractivity contribution is 6.25. The van der Waals surface area contributed by atoms with Gasteiger partial charge in [0.15, 0.2) is 11.6 Å². The summed E-state index contributed by atoms with van der Waals surface area (Å²) in [5, 5.41) is 0. The van der Waals surface area contributed by atoms with Crippen LogP contribution < -0.4 is 4.74 Å². The van der Waals surface area contributed by atoms with Gasteiger partial charge < -0.3 is 4.74 Å². The number of ether oxygens (including phenoxy) is 1. The van der Waals surface area contributed by atoms with Crippen LogP contribution in [0.25, 0.3) is 0 Å². The van der Waals surface area contributed by atoms with Gasteiger partial charge in [-0.05, 0) is 12.5 Å². The maximum absolute atomic E-state index is 11.8. The van der Waals surface area contributed by atoms with Gasteiger partial charge in [0.25, 0.3) is 0 Å². The molecule has 0 N–H and O–H groups in total. The first kappa shape index (κ1) is 14.8. The fraction of sp³-hybridized carbons (Fsp3) is 0.529. The molecule has 1 aliphatic carbocycles. The molecule has 0 saturated heterocycles.